The molecule has 4 heteroatoms. The third-order valence-electron chi connectivity index (χ3n) is 8.68. The number of rotatable bonds is 6. The molecule has 8 rings (SSSR count). The fraction of sp³-hybridized carbons (Fsp3) is 0.0476. The number of pyridine rings is 2. The van der Waals surface area contributed by atoms with Crippen LogP contribution in [0.3, 0.4) is 0 Å². The lowest BCUT2D eigenvalue weighted by atomic mass is 9.64. The van der Waals surface area contributed by atoms with Crippen molar-refractivity contribution in [3.05, 3.63) is 198 Å². The standard InChI is InChI=1S/C42H31N3O/c1-30-14-11-23-38(44-30)31-15-12-19-34(28-31)46-35-20-13-16-32(29-35)42(41-26-9-10-27-43-41)36-21-5-7-24-39(36)45(33-17-3-2-4-18-33)40-25-8-6-22-37(40)42/h2-29H,1H3. The third-order valence-corrected chi connectivity index (χ3v) is 8.68. The Morgan fingerprint density at radius 2 is 1.22 bits per heavy atom. The summed E-state index contributed by atoms with van der Waals surface area (Å²) in [5, 5.41) is 0. The minimum absolute atomic E-state index is 0.702. The van der Waals surface area contributed by atoms with Gasteiger partial charge in [0, 0.05) is 23.1 Å². The summed E-state index contributed by atoms with van der Waals surface area (Å²) in [6, 6.07) is 56.8. The Morgan fingerprint density at radius 3 is 1.93 bits per heavy atom. The third kappa shape index (κ3) is 4.63. The van der Waals surface area contributed by atoms with Crippen LogP contribution >= 0.6 is 0 Å². The molecule has 46 heavy (non-hydrogen) atoms. The molecular formula is C42H31N3O. The Hall–Kier alpha value is -6.00. The molecule has 0 saturated carbocycles. The molecular weight excluding hydrogens is 562 g/mol. The zero-order valence-corrected chi connectivity index (χ0v) is 25.4. The van der Waals surface area contributed by atoms with Gasteiger partial charge in [-0.05, 0) is 96.4 Å². The average molecular weight is 594 g/mol. The Labute approximate surface area is 269 Å². The number of hydrogen-bond acceptors (Lipinski definition) is 4. The zero-order valence-electron chi connectivity index (χ0n) is 25.4. The number of anilines is 3. The maximum absolute atomic E-state index is 6.59. The molecule has 0 N–H and O–H groups in total. The van der Waals surface area contributed by atoms with E-state index >= 15 is 0 Å². The topological polar surface area (TPSA) is 38.2 Å². The van der Waals surface area contributed by atoms with Gasteiger partial charge in [0.25, 0.3) is 0 Å². The van der Waals surface area contributed by atoms with Crippen LogP contribution in [0.15, 0.2) is 170 Å². The van der Waals surface area contributed by atoms with Crippen molar-refractivity contribution < 1.29 is 4.74 Å². The molecule has 0 spiro atoms. The van der Waals surface area contributed by atoms with Gasteiger partial charge in [0.2, 0.25) is 0 Å². The lowest BCUT2D eigenvalue weighted by Gasteiger charge is -2.45. The molecule has 0 atom stereocenters. The van der Waals surface area contributed by atoms with E-state index in [0.29, 0.717) is 0 Å². The second kappa shape index (κ2) is 11.5. The van der Waals surface area contributed by atoms with Crippen molar-refractivity contribution in [3.8, 4) is 22.8 Å². The lowest BCUT2D eigenvalue weighted by molar-refractivity contribution is 0.481. The molecule has 4 nitrogen and oxygen atoms in total. The number of hydrogen-bond donors (Lipinski definition) is 0. The number of ether oxygens (including phenoxy) is 1. The predicted molar refractivity (Wildman–Crippen MR) is 185 cm³/mol. The van der Waals surface area contributed by atoms with E-state index in [4.69, 9.17) is 14.7 Å². The van der Waals surface area contributed by atoms with Crippen LogP contribution in [-0.4, -0.2) is 9.97 Å². The number of benzene rings is 5. The summed E-state index contributed by atoms with van der Waals surface area (Å²) in [5.74, 6) is 1.51. The van der Waals surface area contributed by atoms with Crippen molar-refractivity contribution in [1.82, 2.24) is 9.97 Å². The second-order valence-corrected chi connectivity index (χ2v) is 11.5. The van der Waals surface area contributed by atoms with Gasteiger partial charge < -0.3 is 9.64 Å². The Bertz CT molecular complexity index is 2110. The molecule has 5 aromatic carbocycles. The summed E-state index contributed by atoms with van der Waals surface area (Å²) in [6.07, 6.45) is 1.89. The highest BCUT2D eigenvalue weighted by molar-refractivity contribution is 5.89. The summed E-state index contributed by atoms with van der Waals surface area (Å²) >= 11 is 0. The highest BCUT2D eigenvalue weighted by atomic mass is 16.5. The SMILES string of the molecule is Cc1cccc(-c2cccc(Oc3cccc(C4(c5ccccn5)c5ccccc5N(c5ccccc5)c5ccccc54)c3)c2)n1. The summed E-state index contributed by atoms with van der Waals surface area (Å²) in [6.45, 7) is 2.01. The Balaban J connectivity index is 1.32. The molecule has 0 amide bonds. The number of para-hydroxylation sites is 3. The minimum atomic E-state index is -0.702. The van der Waals surface area contributed by atoms with Crippen molar-refractivity contribution in [2.24, 2.45) is 0 Å². The van der Waals surface area contributed by atoms with E-state index in [1.807, 2.05) is 61.7 Å². The van der Waals surface area contributed by atoms with Gasteiger partial charge in [-0.3, -0.25) is 9.97 Å². The van der Waals surface area contributed by atoms with E-state index in [0.717, 1.165) is 67.9 Å². The molecule has 0 fully saturated rings. The van der Waals surface area contributed by atoms with Gasteiger partial charge in [-0.15, -0.1) is 0 Å². The van der Waals surface area contributed by atoms with Crippen LogP contribution < -0.4 is 9.64 Å². The second-order valence-electron chi connectivity index (χ2n) is 11.5. The summed E-state index contributed by atoms with van der Waals surface area (Å²) in [7, 11) is 0. The molecule has 0 bridgehead atoms. The highest BCUT2D eigenvalue weighted by Crippen LogP contribution is 2.57. The quantitative estimate of drug-likeness (QED) is 0.192. The lowest BCUT2D eigenvalue weighted by Crippen LogP contribution is -2.38. The first-order valence-electron chi connectivity index (χ1n) is 15.5. The molecule has 1 aliphatic heterocycles. The Morgan fingerprint density at radius 1 is 0.565 bits per heavy atom. The van der Waals surface area contributed by atoms with Gasteiger partial charge >= 0.3 is 0 Å². The van der Waals surface area contributed by atoms with Crippen molar-refractivity contribution in [2.75, 3.05) is 4.90 Å². The molecule has 0 unspecified atom stereocenters. The van der Waals surface area contributed by atoms with Gasteiger partial charge in [-0.2, -0.15) is 0 Å². The molecule has 2 aromatic heterocycles. The van der Waals surface area contributed by atoms with E-state index in [1.165, 1.54) is 0 Å². The van der Waals surface area contributed by atoms with Crippen LogP contribution in [0, 0.1) is 6.92 Å². The van der Waals surface area contributed by atoms with Gasteiger partial charge in [-0.1, -0.05) is 91.0 Å². The van der Waals surface area contributed by atoms with E-state index in [2.05, 4.69) is 120 Å². The van der Waals surface area contributed by atoms with Gasteiger partial charge in [0.05, 0.1) is 28.2 Å². The first-order valence-corrected chi connectivity index (χ1v) is 15.5. The molecule has 1 aliphatic rings. The van der Waals surface area contributed by atoms with Gasteiger partial charge in [-0.25, -0.2) is 0 Å². The van der Waals surface area contributed by atoms with Crippen molar-refractivity contribution in [1.29, 1.82) is 0 Å². The summed E-state index contributed by atoms with van der Waals surface area (Å²) in [4.78, 5) is 12.1. The minimum Gasteiger partial charge on any atom is -0.457 e. The first kappa shape index (κ1) is 27.5. The average Bonchev–Trinajstić information content (AvgIpc) is 3.11. The van der Waals surface area contributed by atoms with Crippen LogP contribution in [0.5, 0.6) is 11.5 Å². The molecule has 0 radical (unpaired) electrons. The maximum Gasteiger partial charge on any atom is 0.128 e. The summed E-state index contributed by atoms with van der Waals surface area (Å²) in [5.41, 5.74) is 9.89. The van der Waals surface area contributed by atoms with E-state index in [-0.39, 0.29) is 0 Å². The van der Waals surface area contributed by atoms with Gasteiger partial charge in [0.15, 0.2) is 0 Å². The fourth-order valence-corrected chi connectivity index (χ4v) is 6.77. The van der Waals surface area contributed by atoms with Crippen LogP contribution in [-0.2, 0) is 5.41 Å². The summed E-state index contributed by atoms with van der Waals surface area (Å²) < 4.78 is 6.59. The van der Waals surface area contributed by atoms with E-state index in [1.54, 1.807) is 0 Å². The monoisotopic (exact) mass is 593 g/mol. The van der Waals surface area contributed by atoms with Crippen LogP contribution in [0.25, 0.3) is 11.3 Å². The number of fused-ring (bicyclic) bond motifs is 2. The molecule has 3 heterocycles. The van der Waals surface area contributed by atoms with Crippen LogP contribution in [0.2, 0.25) is 0 Å². The highest BCUT2D eigenvalue weighted by Gasteiger charge is 2.47. The molecule has 7 aromatic rings. The number of aryl methyl sites for hydroxylation is 1. The number of nitrogens with zero attached hydrogens (tertiary/aromatic N) is 3. The smallest absolute Gasteiger partial charge is 0.128 e. The van der Waals surface area contributed by atoms with E-state index < -0.39 is 5.41 Å². The van der Waals surface area contributed by atoms with Gasteiger partial charge in [0.1, 0.15) is 11.5 Å². The van der Waals surface area contributed by atoms with Crippen molar-refractivity contribution >= 4 is 17.1 Å². The van der Waals surface area contributed by atoms with E-state index in [9.17, 15) is 0 Å². The zero-order chi connectivity index (χ0) is 30.9. The van der Waals surface area contributed by atoms with Crippen molar-refractivity contribution in [2.45, 2.75) is 12.3 Å². The Kier molecular flexibility index (Phi) is 6.88. The normalized spacial score (nSPS) is 13.0. The largest absolute Gasteiger partial charge is 0.457 e. The van der Waals surface area contributed by atoms with Crippen LogP contribution in [0.1, 0.15) is 28.1 Å². The fourth-order valence-electron chi connectivity index (χ4n) is 6.77. The molecule has 0 aliphatic carbocycles. The van der Waals surface area contributed by atoms with Crippen molar-refractivity contribution in [3.63, 3.8) is 0 Å². The predicted octanol–water partition coefficient (Wildman–Crippen LogP) is 10.4. The molecule has 220 valence electrons. The maximum atomic E-state index is 6.59. The molecule has 0 saturated heterocycles. The first-order chi connectivity index (χ1) is 22.7. The number of aromatic nitrogens is 2. The van der Waals surface area contributed by atoms with Crippen LogP contribution in [0.4, 0.5) is 17.1 Å².